The van der Waals surface area contributed by atoms with Crippen LogP contribution in [0.25, 0.3) is 0 Å². The Bertz CT molecular complexity index is 1070. The smallest absolute Gasteiger partial charge is 0.243 e. The maximum absolute atomic E-state index is 13.4. The van der Waals surface area contributed by atoms with Crippen molar-refractivity contribution in [1.82, 2.24) is 14.5 Å². The van der Waals surface area contributed by atoms with Gasteiger partial charge in [-0.1, -0.05) is 68.3 Å². The summed E-state index contributed by atoms with van der Waals surface area (Å²) in [4.78, 5) is 28.5. The Labute approximate surface area is 215 Å². The van der Waals surface area contributed by atoms with E-state index in [1.807, 2.05) is 37.3 Å². The molecule has 1 aliphatic rings. The van der Waals surface area contributed by atoms with Gasteiger partial charge >= 0.3 is 0 Å². The zero-order chi connectivity index (χ0) is 26.0. The first-order chi connectivity index (χ1) is 17.3. The van der Waals surface area contributed by atoms with Crippen molar-refractivity contribution in [2.75, 3.05) is 20.1 Å². The second kappa shape index (κ2) is 13.6. The lowest BCUT2D eigenvalue weighted by Crippen LogP contribution is -2.51. The lowest BCUT2D eigenvalue weighted by Gasteiger charge is -2.31. The van der Waals surface area contributed by atoms with Crippen molar-refractivity contribution in [1.29, 1.82) is 0 Å². The van der Waals surface area contributed by atoms with E-state index >= 15 is 0 Å². The molecule has 0 heterocycles. The van der Waals surface area contributed by atoms with Gasteiger partial charge in [-0.3, -0.25) is 9.59 Å². The third kappa shape index (κ3) is 7.64. The van der Waals surface area contributed by atoms with Crippen LogP contribution in [-0.4, -0.2) is 61.7 Å². The Morgan fingerprint density at radius 1 is 0.972 bits per heavy atom. The molecule has 196 valence electrons. The van der Waals surface area contributed by atoms with Crippen LogP contribution in [0.5, 0.6) is 0 Å². The first-order valence-electron chi connectivity index (χ1n) is 13.0. The minimum Gasteiger partial charge on any atom is -0.352 e. The van der Waals surface area contributed by atoms with Crippen LogP contribution in [0.4, 0.5) is 0 Å². The SMILES string of the molecule is CC[C@@H](C(=O)NC1CCCC1)N(CCc1ccccc1)C(=O)CCCN(C)S(=O)(=O)c1ccccc1. The summed E-state index contributed by atoms with van der Waals surface area (Å²) >= 11 is 0. The van der Waals surface area contributed by atoms with Crippen molar-refractivity contribution >= 4 is 21.8 Å². The van der Waals surface area contributed by atoms with Gasteiger partial charge in [-0.2, -0.15) is 0 Å². The van der Waals surface area contributed by atoms with Crippen molar-refractivity contribution in [3.8, 4) is 0 Å². The maximum Gasteiger partial charge on any atom is 0.243 e. The minimum atomic E-state index is -3.61. The summed E-state index contributed by atoms with van der Waals surface area (Å²) in [5, 5.41) is 3.16. The van der Waals surface area contributed by atoms with Crippen molar-refractivity contribution in [3.63, 3.8) is 0 Å². The molecule has 1 atom stereocenters. The van der Waals surface area contributed by atoms with Crippen molar-refractivity contribution < 1.29 is 18.0 Å². The molecule has 0 aliphatic heterocycles. The van der Waals surface area contributed by atoms with Crippen molar-refractivity contribution in [3.05, 3.63) is 66.2 Å². The van der Waals surface area contributed by atoms with E-state index < -0.39 is 16.1 Å². The molecule has 1 saturated carbocycles. The third-order valence-electron chi connectivity index (χ3n) is 6.89. The van der Waals surface area contributed by atoms with E-state index in [0.717, 1.165) is 31.2 Å². The highest BCUT2D eigenvalue weighted by Crippen LogP contribution is 2.19. The maximum atomic E-state index is 13.4. The van der Waals surface area contributed by atoms with Crippen LogP contribution >= 0.6 is 0 Å². The molecular weight excluding hydrogens is 474 g/mol. The van der Waals surface area contributed by atoms with Gasteiger partial charge in [0.05, 0.1) is 4.90 Å². The minimum absolute atomic E-state index is 0.0883. The molecule has 7 nitrogen and oxygen atoms in total. The zero-order valence-electron chi connectivity index (χ0n) is 21.4. The standard InChI is InChI=1S/C28H39N3O4S/c1-3-26(28(33)29-24-15-10-11-16-24)31(22-20-23-13-6-4-7-14-23)27(32)19-12-21-30(2)36(34,35)25-17-8-5-9-18-25/h4-9,13-14,17-18,24,26H,3,10-12,15-16,19-22H2,1-2H3,(H,29,33)/t26-/m0/s1. The van der Waals surface area contributed by atoms with E-state index in [0.29, 0.717) is 25.8 Å². The Hall–Kier alpha value is -2.71. The topological polar surface area (TPSA) is 86.8 Å². The molecule has 3 rings (SSSR count). The Kier molecular flexibility index (Phi) is 10.5. The van der Waals surface area contributed by atoms with Gasteiger partial charge in [-0.25, -0.2) is 12.7 Å². The number of rotatable bonds is 13. The van der Waals surface area contributed by atoms with Crippen LogP contribution in [0.15, 0.2) is 65.6 Å². The molecule has 0 saturated heterocycles. The van der Waals surface area contributed by atoms with Gasteiger partial charge in [0.15, 0.2) is 0 Å². The fourth-order valence-electron chi connectivity index (χ4n) is 4.75. The van der Waals surface area contributed by atoms with Gasteiger partial charge in [-0.15, -0.1) is 0 Å². The Morgan fingerprint density at radius 3 is 2.19 bits per heavy atom. The van der Waals surface area contributed by atoms with E-state index in [1.54, 1.807) is 35.2 Å². The van der Waals surface area contributed by atoms with Gasteiger partial charge in [0, 0.05) is 32.6 Å². The second-order valence-corrected chi connectivity index (χ2v) is 11.5. The van der Waals surface area contributed by atoms with Crippen LogP contribution in [0.1, 0.15) is 57.4 Å². The fourth-order valence-corrected chi connectivity index (χ4v) is 5.98. The summed E-state index contributed by atoms with van der Waals surface area (Å²) < 4.78 is 26.9. The number of hydrogen-bond acceptors (Lipinski definition) is 4. The van der Waals surface area contributed by atoms with Gasteiger partial charge in [0.25, 0.3) is 0 Å². The van der Waals surface area contributed by atoms with Crippen LogP contribution in [-0.2, 0) is 26.0 Å². The fraction of sp³-hybridized carbons (Fsp3) is 0.500. The predicted molar refractivity (Wildman–Crippen MR) is 142 cm³/mol. The number of sulfonamides is 1. The molecule has 2 aromatic carbocycles. The number of carbonyl (C=O) groups is 2. The molecule has 36 heavy (non-hydrogen) atoms. The molecular formula is C28H39N3O4S. The van der Waals surface area contributed by atoms with E-state index in [4.69, 9.17) is 0 Å². The Morgan fingerprint density at radius 2 is 1.58 bits per heavy atom. The molecule has 0 aromatic heterocycles. The van der Waals surface area contributed by atoms with Crippen LogP contribution in [0.2, 0.25) is 0 Å². The zero-order valence-corrected chi connectivity index (χ0v) is 22.3. The average molecular weight is 514 g/mol. The van der Waals surface area contributed by atoms with Crippen molar-refractivity contribution in [2.45, 2.75) is 75.3 Å². The first-order valence-corrected chi connectivity index (χ1v) is 14.4. The number of benzene rings is 2. The largest absolute Gasteiger partial charge is 0.352 e. The van der Waals surface area contributed by atoms with Crippen molar-refractivity contribution in [2.24, 2.45) is 0 Å². The molecule has 2 aromatic rings. The van der Waals surface area contributed by atoms with Gasteiger partial charge < -0.3 is 10.2 Å². The van der Waals surface area contributed by atoms with Gasteiger partial charge in [-0.05, 0) is 49.8 Å². The van der Waals surface area contributed by atoms with Crippen LogP contribution in [0, 0.1) is 0 Å². The van der Waals surface area contributed by atoms with E-state index in [2.05, 4.69) is 5.32 Å². The van der Waals surface area contributed by atoms with Gasteiger partial charge in [0.1, 0.15) is 6.04 Å². The number of hydrogen-bond donors (Lipinski definition) is 1. The number of nitrogens with zero attached hydrogens (tertiary/aromatic N) is 2. The summed E-state index contributed by atoms with van der Waals surface area (Å²) in [5.74, 6) is -0.209. The Balaban J connectivity index is 1.64. The molecule has 0 spiro atoms. The summed E-state index contributed by atoms with van der Waals surface area (Å²) in [6.45, 7) is 2.60. The van der Waals surface area contributed by atoms with Crippen LogP contribution < -0.4 is 5.32 Å². The highest BCUT2D eigenvalue weighted by Gasteiger charge is 2.30. The molecule has 1 aliphatic carbocycles. The molecule has 2 amide bonds. The van der Waals surface area contributed by atoms with E-state index in [9.17, 15) is 18.0 Å². The number of nitrogens with one attached hydrogen (secondary N) is 1. The molecule has 1 fully saturated rings. The molecule has 1 N–H and O–H groups in total. The molecule has 0 bridgehead atoms. The van der Waals surface area contributed by atoms with Crippen LogP contribution in [0.3, 0.4) is 0 Å². The van der Waals surface area contributed by atoms with E-state index in [-0.39, 0.29) is 35.7 Å². The summed E-state index contributed by atoms with van der Waals surface area (Å²) in [6.07, 6.45) is 5.96. The normalized spacial score (nSPS) is 15.1. The first kappa shape index (κ1) is 27.9. The molecule has 0 unspecified atom stereocenters. The third-order valence-corrected chi connectivity index (χ3v) is 8.76. The number of amides is 2. The highest BCUT2D eigenvalue weighted by molar-refractivity contribution is 7.89. The second-order valence-electron chi connectivity index (χ2n) is 9.48. The van der Waals surface area contributed by atoms with Gasteiger partial charge in [0.2, 0.25) is 21.8 Å². The summed E-state index contributed by atoms with van der Waals surface area (Å²) in [6, 6.07) is 17.9. The quantitative estimate of drug-likeness (QED) is 0.439. The molecule has 0 radical (unpaired) electrons. The lowest BCUT2D eigenvalue weighted by molar-refractivity contribution is -0.141. The summed E-state index contributed by atoms with van der Waals surface area (Å²) in [7, 11) is -2.08. The van der Waals surface area contributed by atoms with E-state index in [1.165, 1.54) is 11.4 Å². The predicted octanol–water partition coefficient (Wildman–Crippen LogP) is 4.00. The summed E-state index contributed by atoms with van der Waals surface area (Å²) in [5.41, 5.74) is 1.11. The average Bonchev–Trinajstić information content (AvgIpc) is 3.40. The lowest BCUT2D eigenvalue weighted by atomic mass is 10.1. The molecule has 8 heteroatoms. The number of carbonyl (C=O) groups excluding carboxylic acids is 2. The highest BCUT2D eigenvalue weighted by atomic mass is 32.2. The monoisotopic (exact) mass is 513 g/mol.